The number of hydrogen-bond donors (Lipinski definition) is 3. The molecule has 1 aromatic rings. The Bertz CT molecular complexity index is 298. The van der Waals surface area contributed by atoms with Crippen molar-refractivity contribution < 1.29 is 5.11 Å². The van der Waals surface area contributed by atoms with Crippen molar-refractivity contribution in [3.05, 3.63) is 35.9 Å². The molecule has 4 N–H and O–H groups in total. The summed E-state index contributed by atoms with van der Waals surface area (Å²) in [5, 5.41) is 12.6. The molecule has 0 heterocycles. The SMILES string of the molecule is CC(C)(CNCC(O)CN)c1ccccc1. The van der Waals surface area contributed by atoms with Crippen molar-refractivity contribution >= 4 is 0 Å². The van der Waals surface area contributed by atoms with Crippen molar-refractivity contribution in [3.8, 4) is 0 Å². The topological polar surface area (TPSA) is 58.3 Å². The lowest BCUT2D eigenvalue weighted by Crippen LogP contribution is -2.39. The number of rotatable bonds is 6. The molecule has 0 aliphatic heterocycles. The molecule has 0 saturated carbocycles. The molecule has 0 aliphatic carbocycles. The lowest BCUT2D eigenvalue weighted by Gasteiger charge is -2.26. The number of benzene rings is 1. The van der Waals surface area contributed by atoms with E-state index in [9.17, 15) is 5.11 Å². The Balaban J connectivity index is 2.46. The summed E-state index contributed by atoms with van der Waals surface area (Å²) in [6, 6.07) is 10.4. The molecule has 0 amide bonds. The highest BCUT2D eigenvalue weighted by atomic mass is 16.3. The summed E-state index contributed by atoms with van der Waals surface area (Å²) in [6.45, 7) is 6.05. The number of aliphatic hydroxyl groups excluding tert-OH is 1. The van der Waals surface area contributed by atoms with Crippen molar-refractivity contribution in [2.45, 2.75) is 25.4 Å². The Hall–Kier alpha value is -0.900. The fraction of sp³-hybridized carbons (Fsp3) is 0.538. The monoisotopic (exact) mass is 222 g/mol. The third-order valence-electron chi connectivity index (χ3n) is 2.77. The Morgan fingerprint density at radius 1 is 1.31 bits per heavy atom. The van der Waals surface area contributed by atoms with E-state index in [2.05, 4.69) is 31.3 Å². The summed E-state index contributed by atoms with van der Waals surface area (Å²) in [5.41, 5.74) is 6.70. The van der Waals surface area contributed by atoms with Crippen LogP contribution in [0.3, 0.4) is 0 Å². The Morgan fingerprint density at radius 3 is 2.50 bits per heavy atom. The molecular formula is C13H22N2O. The van der Waals surface area contributed by atoms with Crippen molar-refractivity contribution in [3.63, 3.8) is 0 Å². The van der Waals surface area contributed by atoms with Gasteiger partial charge < -0.3 is 16.2 Å². The maximum absolute atomic E-state index is 9.34. The molecule has 1 rings (SSSR count). The van der Waals surface area contributed by atoms with Gasteiger partial charge in [-0.15, -0.1) is 0 Å². The summed E-state index contributed by atoms with van der Waals surface area (Å²) in [6.07, 6.45) is -0.452. The molecule has 0 spiro atoms. The van der Waals surface area contributed by atoms with Crippen LogP contribution < -0.4 is 11.1 Å². The minimum Gasteiger partial charge on any atom is -0.390 e. The van der Waals surface area contributed by atoms with E-state index in [0.717, 1.165) is 6.54 Å². The average Bonchev–Trinajstić information content (AvgIpc) is 2.30. The van der Waals surface area contributed by atoms with E-state index in [4.69, 9.17) is 5.73 Å². The quantitative estimate of drug-likeness (QED) is 0.669. The second-order valence-electron chi connectivity index (χ2n) is 4.77. The molecule has 3 heteroatoms. The van der Waals surface area contributed by atoms with Crippen LogP contribution in [0.5, 0.6) is 0 Å². The summed E-state index contributed by atoms with van der Waals surface area (Å²) < 4.78 is 0. The van der Waals surface area contributed by atoms with Crippen molar-refractivity contribution in [1.29, 1.82) is 0 Å². The maximum atomic E-state index is 9.34. The molecule has 0 fully saturated rings. The predicted octanol–water partition coefficient (Wildman–Crippen LogP) is 0.873. The highest BCUT2D eigenvalue weighted by molar-refractivity contribution is 5.23. The molecule has 16 heavy (non-hydrogen) atoms. The Morgan fingerprint density at radius 2 is 1.94 bits per heavy atom. The van der Waals surface area contributed by atoms with Crippen LogP contribution in [0.2, 0.25) is 0 Å². The van der Waals surface area contributed by atoms with Crippen LogP contribution >= 0.6 is 0 Å². The van der Waals surface area contributed by atoms with E-state index in [0.29, 0.717) is 13.1 Å². The van der Waals surface area contributed by atoms with Crippen LogP contribution in [0.4, 0.5) is 0 Å². The first-order chi connectivity index (χ1) is 7.56. The smallest absolute Gasteiger partial charge is 0.0786 e. The fourth-order valence-electron chi connectivity index (χ4n) is 1.63. The van der Waals surface area contributed by atoms with Gasteiger partial charge in [0.15, 0.2) is 0 Å². The molecule has 0 saturated heterocycles. The number of nitrogens with one attached hydrogen (secondary N) is 1. The fourth-order valence-corrected chi connectivity index (χ4v) is 1.63. The van der Waals surface area contributed by atoms with Crippen LogP contribution in [0, 0.1) is 0 Å². The molecule has 0 bridgehead atoms. The third kappa shape index (κ3) is 3.93. The first-order valence-corrected chi connectivity index (χ1v) is 5.70. The Kier molecular flexibility index (Phi) is 4.93. The van der Waals surface area contributed by atoms with Crippen molar-refractivity contribution in [2.75, 3.05) is 19.6 Å². The van der Waals surface area contributed by atoms with Crippen molar-refractivity contribution in [2.24, 2.45) is 5.73 Å². The lowest BCUT2D eigenvalue weighted by molar-refractivity contribution is 0.177. The highest BCUT2D eigenvalue weighted by Crippen LogP contribution is 2.21. The molecule has 3 nitrogen and oxygen atoms in total. The van der Waals surface area contributed by atoms with E-state index in [1.807, 2.05) is 18.2 Å². The van der Waals surface area contributed by atoms with Gasteiger partial charge in [-0.05, 0) is 5.56 Å². The van der Waals surface area contributed by atoms with Gasteiger partial charge >= 0.3 is 0 Å². The molecule has 0 aliphatic rings. The van der Waals surface area contributed by atoms with Crippen LogP contribution in [0.15, 0.2) is 30.3 Å². The van der Waals surface area contributed by atoms with Gasteiger partial charge in [-0.1, -0.05) is 44.2 Å². The summed E-state index contributed by atoms with van der Waals surface area (Å²) in [4.78, 5) is 0. The van der Waals surface area contributed by atoms with Crippen LogP contribution in [-0.4, -0.2) is 30.8 Å². The minimum atomic E-state index is -0.452. The van der Waals surface area contributed by atoms with Crippen LogP contribution in [-0.2, 0) is 5.41 Å². The average molecular weight is 222 g/mol. The van der Waals surface area contributed by atoms with Gasteiger partial charge in [0.05, 0.1) is 6.10 Å². The zero-order valence-electron chi connectivity index (χ0n) is 10.1. The normalized spacial score (nSPS) is 13.8. The summed E-state index contributed by atoms with van der Waals surface area (Å²) >= 11 is 0. The van der Waals surface area contributed by atoms with E-state index in [1.54, 1.807) is 0 Å². The van der Waals surface area contributed by atoms with Gasteiger partial charge in [0.25, 0.3) is 0 Å². The molecule has 1 aromatic carbocycles. The second kappa shape index (κ2) is 5.99. The Labute approximate surface area is 97.7 Å². The first-order valence-electron chi connectivity index (χ1n) is 5.70. The van der Waals surface area contributed by atoms with Crippen LogP contribution in [0.25, 0.3) is 0 Å². The van der Waals surface area contributed by atoms with Gasteiger partial charge in [-0.25, -0.2) is 0 Å². The molecule has 1 unspecified atom stereocenters. The van der Waals surface area contributed by atoms with Gasteiger partial charge in [0.2, 0.25) is 0 Å². The molecule has 1 atom stereocenters. The van der Waals surface area contributed by atoms with E-state index >= 15 is 0 Å². The third-order valence-corrected chi connectivity index (χ3v) is 2.77. The predicted molar refractivity (Wildman–Crippen MR) is 67.4 cm³/mol. The lowest BCUT2D eigenvalue weighted by atomic mass is 9.84. The maximum Gasteiger partial charge on any atom is 0.0786 e. The molecular weight excluding hydrogens is 200 g/mol. The standard InChI is InChI=1S/C13H22N2O/c1-13(2,10-15-9-12(16)8-14)11-6-4-3-5-7-11/h3-7,12,15-16H,8-10,14H2,1-2H3. The first kappa shape index (κ1) is 13.2. The molecule has 0 aromatic heterocycles. The van der Waals surface area contributed by atoms with E-state index in [1.165, 1.54) is 5.56 Å². The second-order valence-corrected chi connectivity index (χ2v) is 4.77. The van der Waals surface area contributed by atoms with Gasteiger partial charge in [-0.2, -0.15) is 0 Å². The summed E-state index contributed by atoms with van der Waals surface area (Å²) in [7, 11) is 0. The highest BCUT2D eigenvalue weighted by Gasteiger charge is 2.19. The number of hydrogen-bond acceptors (Lipinski definition) is 3. The van der Waals surface area contributed by atoms with Gasteiger partial charge in [-0.3, -0.25) is 0 Å². The molecule has 0 radical (unpaired) electrons. The number of nitrogens with two attached hydrogens (primary N) is 1. The molecule has 90 valence electrons. The van der Waals surface area contributed by atoms with E-state index < -0.39 is 6.10 Å². The minimum absolute atomic E-state index is 0.0651. The number of aliphatic hydroxyl groups is 1. The summed E-state index contributed by atoms with van der Waals surface area (Å²) in [5.74, 6) is 0. The largest absolute Gasteiger partial charge is 0.390 e. The zero-order valence-corrected chi connectivity index (χ0v) is 10.1. The zero-order chi connectivity index (χ0) is 12.0. The van der Waals surface area contributed by atoms with Gasteiger partial charge in [0, 0.05) is 25.0 Å². The van der Waals surface area contributed by atoms with E-state index in [-0.39, 0.29) is 5.41 Å². The van der Waals surface area contributed by atoms with Crippen molar-refractivity contribution in [1.82, 2.24) is 5.32 Å². The van der Waals surface area contributed by atoms with Gasteiger partial charge in [0.1, 0.15) is 0 Å². The van der Waals surface area contributed by atoms with Crippen LogP contribution in [0.1, 0.15) is 19.4 Å².